The predicted octanol–water partition coefficient (Wildman–Crippen LogP) is 6.28. The van der Waals surface area contributed by atoms with Gasteiger partial charge < -0.3 is 0 Å². The standard InChI is InChI=1S/C25H21NO/c1-18(19-10-4-2-5-11-19)16-25(27)22-17-24(20-12-6-3-7-13-20)26-23-15-9-8-14-21(22)23/h2-15,17-18H,16H2,1H3/t18-/m1/s1. The first-order chi connectivity index (χ1) is 13.2. The molecule has 0 bridgehead atoms. The van der Waals surface area contributed by atoms with Crippen LogP contribution in [0.25, 0.3) is 22.2 Å². The lowest BCUT2D eigenvalue weighted by molar-refractivity contribution is 0.0977. The van der Waals surface area contributed by atoms with Crippen molar-refractivity contribution in [1.29, 1.82) is 0 Å². The van der Waals surface area contributed by atoms with Crippen LogP contribution in [0.15, 0.2) is 91.0 Å². The molecular formula is C25H21NO. The zero-order valence-electron chi connectivity index (χ0n) is 15.3. The Balaban J connectivity index is 1.74. The van der Waals surface area contributed by atoms with Crippen LogP contribution in [0.1, 0.15) is 35.2 Å². The molecular weight excluding hydrogens is 330 g/mol. The van der Waals surface area contributed by atoms with E-state index in [4.69, 9.17) is 4.98 Å². The van der Waals surface area contributed by atoms with E-state index in [2.05, 4.69) is 19.1 Å². The highest BCUT2D eigenvalue weighted by Gasteiger charge is 2.17. The van der Waals surface area contributed by atoms with Gasteiger partial charge in [0.15, 0.2) is 5.78 Å². The number of ketones is 1. The van der Waals surface area contributed by atoms with Gasteiger partial charge in [-0.05, 0) is 23.6 Å². The second-order valence-electron chi connectivity index (χ2n) is 6.88. The molecule has 0 aliphatic heterocycles. The van der Waals surface area contributed by atoms with Gasteiger partial charge in [-0.1, -0.05) is 85.8 Å². The van der Waals surface area contributed by atoms with Crippen LogP contribution in [0.5, 0.6) is 0 Å². The van der Waals surface area contributed by atoms with E-state index in [9.17, 15) is 4.79 Å². The van der Waals surface area contributed by atoms with Crippen molar-refractivity contribution in [1.82, 2.24) is 4.98 Å². The maximum Gasteiger partial charge on any atom is 0.164 e. The lowest BCUT2D eigenvalue weighted by Gasteiger charge is -2.13. The molecule has 0 fully saturated rings. The summed E-state index contributed by atoms with van der Waals surface area (Å²) >= 11 is 0. The summed E-state index contributed by atoms with van der Waals surface area (Å²) in [6, 6.07) is 30.0. The number of Topliss-reactive ketones (excluding diaryl/α,β-unsaturated/α-hetero) is 1. The molecule has 0 aliphatic rings. The van der Waals surface area contributed by atoms with E-state index in [1.807, 2.05) is 78.9 Å². The molecule has 4 aromatic rings. The van der Waals surface area contributed by atoms with Crippen LogP contribution < -0.4 is 0 Å². The van der Waals surface area contributed by atoms with E-state index in [0.29, 0.717) is 6.42 Å². The van der Waals surface area contributed by atoms with Crippen LogP contribution in [0.3, 0.4) is 0 Å². The van der Waals surface area contributed by atoms with Crippen molar-refractivity contribution in [3.05, 3.63) is 102 Å². The Kier molecular flexibility index (Phi) is 4.80. The van der Waals surface area contributed by atoms with Gasteiger partial charge in [-0.25, -0.2) is 4.98 Å². The topological polar surface area (TPSA) is 30.0 Å². The number of aromatic nitrogens is 1. The van der Waals surface area contributed by atoms with E-state index in [1.54, 1.807) is 0 Å². The average molecular weight is 351 g/mol. The van der Waals surface area contributed by atoms with Crippen LogP contribution in [0.4, 0.5) is 0 Å². The molecule has 0 radical (unpaired) electrons. The number of benzene rings is 3. The highest BCUT2D eigenvalue weighted by molar-refractivity contribution is 6.08. The number of nitrogens with zero attached hydrogens (tertiary/aromatic N) is 1. The van der Waals surface area contributed by atoms with Gasteiger partial charge in [0.05, 0.1) is 11.2 Å². The normalized spacial score (nSPS) is 12.0. The molecule has 4 rings (SSSR count). The maximum atomic E-state index is 13.2. The minimum Gasteiger partial charge on any atom is -0.294 e. The molecule has 0 aliphatic carbocycles. The first-order valence-corrected chi connectivity index (χ1v) is 9.26. The second kappa shape index (κ2) is 7.55. The van der Waals surface area contributed by atoms with Crippen LogP contribution in [-0.2, 0) is 0 Å². The summed E-state index contributed by atoms with van der Waals surface area (Å²) in [6.07, 6.45) is 0.478. The van der Waals surface area contributed by atoms with Gasteiger partial charge in [0, 0.05) is 22.9 Å². The van der Waals surface area contributed by atoms with E-state index in [1.165, 1.54) is 5.56 Å². The highest BCUT2D eigenvalue weighted by atomic mass is 16.1. The first kappa shape index (κ1) is 17.2. The quantitative estimate of drug-likeness (QED) is 0.396. The van der Waals surface area contributed by atoms with E-state index in [-0.39, 0.29) is 11.7 Å². The van der Waals surface area contributed by atoms with Crippen LogP contribution in [-0.4, -0.2) is 10.8 Å². The Morgan fingerprint density at radius 1 is 0.852 bits per heavy atom. The molecule has 0 spiro atoms. The molecule has 2 nitrogen and oxygen atoms in total. The van der Waals surface area contributed by atoms with Gasteiger partial charge in [-0.15, -0.1) is 0 Å². The summed E-state index contributed by atoms with van der Waals surface area (Å²) < 4.78 is 0. The Bertz CT molecular complexity index is 1070. The van der Waals surface area contributed by atoms with Crippen molar-refractivity contribution in [3.63, 3.8) is 0 Å². The molecule has 132 valence electrons. The van der Waals surface area contributed by atoms with Crippen molar-refractivity contribution >= 4 is 16.7 Å². The summed E-state index contributed by atoms with van der Waals surface area (Å²) in [5.74, 6) is 0.327. The summed E-state index contributed by atoms with van der Waals surface area (Å²) in [7, 11) is 0. The Morgan fingerprint density at radius 2 is 1.48 bits per heavy atom. The molecule has 3 aromatic carbocycles. The van der Waals surface area contributed by atoms with Gasteiger partial charge in [0.25, 0.3) is 0 Å². The van der Waals surface area contributed by atoms with Gasteiger partial charge in [0.2, 0.25) is 0 Å². The number of para-hydroxylation sites is 1. The molecule has 0 unspecified atom stereocenters. The third-order valence-corrected chi connectivity index (χ3v) is 4.95. The molecule has 0 N–H and O–H groups in total. The van der Waals surface area contributed by atoms with Crippen molar-refractivity contribution in [2.45, 2.75) is 19.3 Å². The second-order valence-corrected chi connectivity index (χ2v) is 6.88. The Morgan fingerprint density at radius 3 is 2.22 bits per heavy atom. The number of pyridine rings is 1. The Labute approximate surface area is 159 Å². The minimum atomic E-state index is 0.155. The number of hydrogen-bond acceptors (Lipinski definition) is 2. The smallest absolute Gasteiger partial charge is 0.164 e. The molecule has 1 atom stereocenters. The molecule has 1 aromatic heterocycles. The first-order valence-electron chi connectivity index (χ1n) is 9.26. The van der Waals surface area contributed by atoms with Gasteiger partial charge in [-0.3, -0.25) is 4.79 Å². The Hall–Kier alpha value is -3.26. The third-order valence-electron chi connectivity index (χ3n) is 4.95. The number of fused-ring (bicyclic) bond motifs is 1. The van der Waals surface area contributed by atoms with E-state index in [0.717, 1.165) is 27.7 Å². The predicted molar refractivity (Wildman–Crippen MR) is 111 cm³/mol. The zero-order valence-corrected chi connectivity index (χ0v) is 15.3. The van der Waals surface area contributed by atoms with E-state index < -0.39 is 0 Å². The number of carbonyl (C=O) groups is 1. The largest absolute Gasteiger partial charge is 0.294 e. The molecule has 0 saturated heterocycles. The van der Waals surface area contributed by atoms with Crippen molar-refractivity contribution in [2.75, 3.05) is 0 Å². The van der Waals surface area contributed by atoms with Crippen molar-refractivity contribution < 1.29 is 4.79 Å². The van der Waals surface area contributed by atoms with Gasteiger partial charge >= 0.3 is 0 Å². The number of carbonyl (C=O) groups excluding carboxylic acids is 1. The SMILES string of the molecule is C[C@H](CC(=O)c1cc(-c2ccccc2)nc2ccccc12)c1ccccc1. The molecule has 1 heterocycles. The summed E-state index contributed by atoms with van der Waals surface area (Å²) in [6.45, 7) is 2.11. The summed E-state index contributed by atoms with van der Waals surface area (Å²) in [5.41, 5.74) is 4.66. The van der Waals surface area contributed by atoms with Crippen molar-refractivity contribution in [3.8, 4) is 11.3 Å². The van der Waals surface area contributed by atoms with Gasteiger partial charge in [-0.2, -0.15) is 0 Å². The summed E-state index contributed by atoms with van der Waals surface area (Å²) in [5, 5.41) is 0.919. The van der Waals surface area contributed by atoms with Crippen LogP contribution in [0.2, 0.25) is 0 Å². The maximum absolute atomic E-state index is 13.2. The summed E-state index contributed by atoms with van der Waals surface area (Å²) in [4.78, 5) is 18.0. The molecule has 0 saturated carbocycles. The monoisotopic (exact) mass is 351 g/mol. The lowest BCUT2D eigenvalue weighted by atomic mass is 9.91. The fourth-order valence-electron chi connectivity index (χ4n) is 3.45. The minimum absolute atomic E-state index is 0.155. The lowest BCUT2D eigenvalue weighted by Crippen LogP contribution is -2.07. The van der Waals surface area contributed by atoms with Gasteiger partial charge in [0.1, 0.15) is 0 Å². The molecule has 27 heavy (non-hydrogen) atoms. The van der Waals surface area contributed by atoms with Crippen LogP contribution in [0, 0.1) is 0 Å². The highest BCUT2D eigenvalue weighted by Crippen LogP contribution is 2.28. The van der Waals surface area contributed by atoms with Crippen LogP contribution >= 0.6 is 0 Å². The fraction of sp³-hybridized carbons (Fsp3) is 0.120. The zero-order chi connectivity index (χ0) is 18.6. The third kappa shape index (κ3) is 3.65. The van der Waals surface area contributed by atoms with E-state index >= 15 is 0 Å². The molecule has 2 heteroatoms. The van der Waals surface area contributed by atoms with Crippen molar-refractivity contribution in [2.24, 2.45) is 0 Å². The molecule has 0 amide bonds. The number of rotatable bonds is 5. The average Bonchev–Trinajstić information content (AvgIpc) is 2.74. The fourth-order valence-corrected chi connectivity index (χ4v) is 3.45. The number of hydrogen-bond donors (Lipinski definition) is 0.